The molecule has 0 aliphatic carbocycles. The molecule has 4 amide bonds. The van der Waals surface area contributed by atoms with Crippen LogP contribution >= 0.6 is 0 Å². The van der Waals surface area contributed by atoms with Gasteiger partial charge in [0.05, 0.1) is 5.56 Å². The van der Waals surface area contributed by atoms with Gasteiger partial charge >= 0.3 is 0 Å². The molecule has 2 aromatic carbocycles. The average molecular weight is 578 g/mol. The van der Waals surface area contributed by atoms with Crippen molar-refractivity contribution in [1.29, 1.82) is 0 Å². The van der Waals surface area contributed by atoms with Crippen molar-refractivity contribution in [3.05, 3.63) is 70.0 Å². The Morgan fingerprint density at radius 1 is 1.15 bits per heavy atom. The van der Waals surface area contributed by atoms with Crippen LogP contribution in [0.4, 0.5) is 4.39 Å². The van der Waals surface area contributed by atoms with Crippen LogP contribution in [-0.4, -0.2) is 60.9 Å². The molecule has 2 aliphatic heterocycles. The lowest BCUT2D eigenvalue weighted by molar-refractivity contribution is -0.158. The van der Waals surface area contributed by atoms with E-state index >= 15 is 0 Å². The van der Waals surface area contributed by atoms with Crippen LogP contribution in [0.5, 0.6) is 0 Å². The van der Waals surface area contributed by atoms with E-state index in [1.165, 1.54) is 11.0 Å². The molecule has 1 saturated heterocycles. The van der Waals surface area contributed by atoms with E-state index in [0.717, 1.165) is 29.3 Å². The van der Waals surface area contributed by atoms with Gasteiger partial charge in [0.25, 0.3) is 11.8 Å². The van der Waals surface area contributed by atoms with Crippen molar-refractivity contribution < 1.29 is 28.3 Å². The van der Waals surface area contributed by atoms with E-state index in [4.69, 9.17) is 10.5 Å². The summed E-state index contributed by atoms with van der Waals surface area (Å²) >= 11 is 0. The summed E-state index contributed by atoms with van der Waals surface area (Å²) in [6.07, 6.45) is 2.40. The second-order valence-electron chi connectivity index (χ2n) is 11.7. The molecule has 2 aliphatic rings. The fraction of sp³-hybridized carbons (Fsp3) is 0.419. The van der Waals surface area contributed by atoms with Gasteiger partial charge in [0, 0.05) is 45.2 Å². The molecule has 0 spiro atoms. The number of hydrogen-bond donors (Lipinski definition) is 1. The van der Waals surface area contributed by atoms with Crippen LogP contribution in [0.3, 0.4) is 0 Å². The molecule has 1 fully saturated rings. The summed E-state index contributed by atoms with van der Waals surface area (Å²) in [4.78, 5) is 52.6. The SMILES string of the molecule is C[Si](C)(C)CCOCN1C(=O)CCC(N2Cc3cc(C#CCCCc4ccc(C(N)=O)cc4)c(F)cc3C2=O)C1=O. The molecule has 0 saturated carbocycles. The van der Waals surface area contributed by atoms with Gasteiger partial charge in [-0.1, -0.05) is 43.6 Å². The van der Waals surface area contributed by atoms with E-state index in [-0.39, 0.29) is 43.2 Å². The summed E-state index contributed by atoms with van der Waals surface area (Å²) in [5.41, 5.74) is 7.80. The summed E-state index contributed by atoms with van der Waals surface area (Å²) in [5, 5.41) is 0. The first kappa shape index (κ1) is 30.2. The number of nitrogens with two attached hydrogens (primary N) is 1. The first-order valence-electron chi connectivity index (χ1n) is 13.9. The maximum absolute atomic E-state index is 14.9. The third kappa shape index (κ3) is 7.48. The van der Waals surface area contributed by atoms with E-state index < -0.39 is 37.7 Å². The molecule has 4 rings (SSSR count). The van der Waals surface area contributed by atoms with Crippen molar-refractivity contribution in [2.24, 2.45) is 5.73 Å². The Labute approximate surface area is 241 Å². The summed E-state index contributed by atoms with van der Waals surface area (Å²) in [7, 11) is -1.32. The quantitative estimate of drug-likeness (QED) is 0.198. The summed E-state index contributed by atoms with van der Waals surface area (Å²) in [5.74, 6) is 3.62. The van der Waals surface area contributed by atoms with Crippen LogP contribution in [0.25, 0.3) is 0 Å². The second-order valence-corrected chi connectivity index (χ2v) is 17.3. The van der Waals surface area contributed by atoms with Gasteiger partial charge in [-0.05, 0) is 60.7 Å². The van der Waals surface area contributed by atoms with E-state index in [2.05, 4.69) is 31.5 Å². The Bertz CT molecular complexity index is 1410. The van der Waals surface area contributed by atoms with E-state index in [0.29, 0.717) is 24.2 Å². The molecule has 1 atom stereocenters. The minimum absolute atomic E-state index is 0.124. The minimum atomic E-state index is -1.32. The molecule has 216 valence electrons. The van der Waals surface area contributed by atoms with Crippen molar-refractivity contribution >= 4 is 31.7 Å². The average Bonchev–Trinajstić information content (AvgIpc) is 3.22. The number of carbonyl (C=O) groups is 4. The maximum atomic E-state index is 14.9. The Balaban J connectivity index is 1.36. The number of unbranched alkanes of at least 4 members (excludes halogenated alkanes) is 1. The Kier molecular flexibility index (Phi) is 9.41. The smallest absolute Gasteiger partial charge is 0.255 e. The third-order valence-corrected chi connectivity index (χ3v) is 9.03. The predicted molar refractivity (Wildman–Crippen MR) is 155 cm³/mol. The number of benzene rings is 2. The number of carbonyl (C=O) groups excluding carboxylic acids is 4. The molecule has 8 nitrogen and oxygen atoms in total. The van der Waals surface area contributed by atoms with Crippen LogP contribution < -0.4 is 5.73 Å². The topological polar surface area (TPSA) is 110 Å². The van der Waals surface area contributed by atoms with Gasteiger partial charge in [-0.15, -0.1) is 0 Å². The molecule has 0 radical (unpaired) electrons. The monoisotopic (exact) mass is 577 g/mol. The zero-order valence-electron chi connectivity index (χ0n) is 23.8. The number of hydrogen-bond acceptors (Lipinski definition) is 5. The number of nitrogens with zero attached hydrogens (tertiary/aromatic N) is 2. The number of primary amides is 1. The highest BCUT2D eigenvalue weighted by Gasteiger charge is 2.43. The zero-order chi connectivity index (χ0) is 29.7. The lowest BCUT2D eigenvalue weighted by Crippen LogP contribution is -2.55. The Hall–Kier alpha value is -3.81. The lowest BCUT2D eigenvalue weighted by atomic mass is 10.0. The van der Waals surface area contributed by atoms with Crippen molar-refractivity contribution in [1.82, 2.24) is 9.80 Å². The van der Waals surface area contributed by atoms with Crippen molar-refractivity contribution in [2.75, 3.05) is 13.3 Å². The van der Waals surface area contributed by atoms with Gasteiger partial charge in [-0.2, -0.15) is 0 Å². The van der Waals surface area contributed by atoms with Crippen molar-refractivity contribution in [3.8, 4) is 11.8 Å². The van der Waals surface area contributed by atoms with Gasteiger partial charge in [0.1, 0.15) is 18.6 Å². The molecule has 41 heavy (non-hydrogen) atoms. The third-order valence-electron chi connectivity index (χ3n) is 7.33. The fourth-order valence-corrected chi connectivity index (χ4v) is 5.62. The lowest BCUT2D eigenvalue weighted by Gasteiger charge is -2.35. The standard InChI is InChI=1S/C31H36FN3O5Si/c1-41(2,3)16-15-40-20-35-28(36)14-13-27(31(35)39)34-19-24-17-23(26(32)18-25(24)30(34)38)8-6-4-5-7-21-9-11-22(12-10-21)29(33)37/h9-12,17-18,27H,4-5,7,13-16,19-20H2,1-3H3,(H2,33,37). The number of aryl methyl sites for hydroxylation is 1. The Morgan fingerprint density at radius 2 is 1.88 bits per heavy atom. The van der Waals surface area contributed by atoms with Crippen molar-refractivity contribution in [2.45, 2.75) is 70.4 Å². The molecule has 0 bridgehead atoms. The van der Waals surface area contributed by atoms with Crippen LogP contribution in [0.1, 0.15) is 63.1 Å². The molecule has 2 heterocycles. The predicted octanol–water partition coefficient (Wildman–Crippen LogP) is 4.08. The second kappa shape index (κ2) is 12.8. The van der Waals surface area contributed by atoms with E-state index in [9.17, 15) is 23.6 Å². The van der Waals surface area contributed by atoms with Gasteiger partial charge in [-0.25, -0.2) is 4.39 Å². The van der Waals surface area contributed by atoms with E-state index in [1.54, 1.807) is 18.2 Å². The molecular formula is C31H36FN3O5Si. The number of amides is 4. The largest absolute Gasteiger partial charge is 0.366 e. The molecular weight excluding hydrogens is 541 g/mol. The number of rotatable bonds is 10. The number of likely N-dealkylation sites (tertiary alicyclic amines) is 1. The zero-order valence-corrected chi connectivity index (χ0v) is 24.8. The molecule has 0 aromatic heterocycles. The molecule has 10 heteroatoms. The molecule has 2 aromatic rings. The normalized spacial score (nSPS) is 17.0. The first-order chi connectivity index (χ1) is 19.4. The summed E-state index contributed by atoms with van der Waals surface area (Å²) < 4.78 is 20.5. The van der Waals surface area contributed by atoms with Gasteiger partial charge in [0.15, 0.2) is 0 Å². The number of halogens is 1. The van der Waals surface area contributed by atoms with E-state index in [1.807, 2.05) is 12.1 Å². The fourth-order valence-electron chi connectivity index (χ4n) is 4.86. The van der Waals surface area contributed by atoms with Crippen LogP contribution in [0, 0.1) is 17.7 Å². The Morgan fingerprint density at radius 3 is 2.56 bits per heavy atom. The number of imide groups is 1. The molecule has 2 N–H and O–H groups in total. The van der Waals surface area contributed by atoms with Gasteiger partial charge in [0.2, 0.25) is 11.8 Å². The number of fused-ring (bicyclic) bond motifs is 1. The maximum Gasteiger partial charge on any atom is 0.255 e. The highest BCUT2D eigenvalue weighted by Crippen LogP contribution is 2.30. The highest BCUT2D eigenvalue weighted by atomic mass is 28.3. The summed E-state index contributed by atoms with van der Waals surface area (Å²) in [6, 6.07) is 9.96. The van der Waals surface area contributed by atoms with Gasteiger partial charge < -0.3 is 15.4 Å². The number of ether oxygens (including phenoxy) is 1. The highest BCUT2D eigenvalue weighted by molar-refractivity contribution is 6.76. The van der Waals surface area contributed by atoms with Crippen molar-refractivity contribution in [3.63, 3.8) is 0 Å². The first-order valence-corrected chi connectivity index (χ1v) is 17.6. The van der Waals surface area contributed by atoms with Gasteiger partial charge in [-0.3, -0.25) is 24.1 Å². The summed E-state index contributed by atoms with van der Waals surface area (Å²) in [6.45, 7) is 7.15. The minimum Gasteiger partial charge on any atom is -0.366 e. The van der Waals surface area contributed by atoms with Crippen LogP contribution in [-0.2, 0) is 27.3 Å². The van der Waals surface area contributed by atoms with Crippen LogP contribution in [0.2, 0.25) is 25.7 Å². The number of piperidine rings is 1. The van der Waals surface area contributed by atoms with Crippen LogP contribution in [0.15, 0.2) is 36.4 Å². The molecule has 1 unspecified atom stereocenters.